The minimum atomic E-state index is -3.80. The first-order valence-electron chi connectivity index (χ1n) is 9.69. The van der Waals surface area contributed by atoms with Crippen LogP contribution in [0.2, 0.25) is 0 Å². The van der Waals surface area contributed by atoms with E-state index in [9.17, 15) is 18.0 Å². The third-order valence-electron chi connectivity index (χ3n) is 4.28. The van der Waals surface area contributed by atoms with Crippen LogP contribution in [0.5, 0.6) is 11.5 Å². The lowest BCUT2D eigenvalue weighted by Crippen LogP contribution is -2.37. The largest absolute Gasteiger partial charge is 0.455 e. The average molecular weight is 454 g/mol. The lowest BCUT2D eigenvalue weighted by Gasteiger charge is -2.24. The van der Waals surface area contributed by atoms with Crippen LogP contribution in [-0.4, -0.2) is 33.0 Å². The van der Waals surface area contributed by atoms with E-state index in [0.29, 0.717) is 22.9 Å². The summed E-state index contributed by atoms with van der Waals surface area (Å²) in [5, 5.41) is 5.30. The maximum atomic E-state index is 12.6. The summed E-state index contributed by atoms with van der Waals surface area (Å²) in [6.07, 6.45) is 1.03. The second kappa shape index (κ2) is 9.97. The number of anilines is 3. The van der Waals surface area contributed by atoms with Gasteiger partial charge < -0.3 is 15.4 Å². The van der Waals surface area contributed by atoms with Crippen molar-refractivity contribution < 1.29 is 22.7 Å². The number of nitrogens with one attached hydrogen (secondary N) is 2. The molecule has 0 saturated carbocycles. The fourth-order valence-corrected chi connectivity index (χ4v) is 3.78. The summed E-state index contributed by atoms with van der Waals surface area (Å²) < 4.78 is 31.9. The highest BCUT2D eigenvalue weighted by Crippen LogP contribution is 2.33. The number of amides is 2. The number of carbonyl (C=O) groups excluding carboxylic acids is 2. The van der Waals surface area contributed by atoms with Crippen LogP contribution in [0, 0.1) is 0 Å². The maximum Gasteiger partial charge on any atom is 0.245 e. The maximum absolute atomic E-state index is 12.6. The molecule has 0 aliphatic heterocycles. The highest BCUT2D eigenvalue weighted by Gasteiger charge is 2.24. The molecular formula is C23H23N3O5S. The topological polar surface area (TPSA) is 105 Å². The monoisotopic (exact) mass is 453 g/mol. The van der Waals surface area contributed by atoms with Gasteiger partial charge in [-0.15, -0.1) is 0 Å². The number of ether oxygens (including phenoxy) is 1. The molecule has 0 aliphatic rings. The van der Waals surface area contributed by atoms with Crippen molar-refractivity contribution in [1.82, 2.24) is 0 Å². The van der Waals surface area contributed by atoms with Crippen molar-refractivity contribution in [2.45, 2.75) is 6.92 Å². The van der Waals surface area contributed by atoms with Gasteiger partial charge in [-0.2, -0.15) is 0 Å². The van der Waals surface area contributed by atoms with Gasteiger partial charge in [-0.1, -0.05) is 30.3 Å². The Morgan fingerprint density at radius 1 is 0.844 bits per heavy atom. The first-order chi connectivity index (χ1) is 15.2. The molecular weight excluding hydrogens is 430 g/mol. The van der Waals surface area contributed by atoms with E-state index in [4.69, 9.17) is 4.74 Å². The summed E-state index contributed by atoms with van der Waals surface area (Å²) in [6.45, 7) is 0.955. The minimum Gasteiger partial charge on any atom is -0.455 e. The van der Waals surface area contributed by atoms with Crippen LogP contribution in [-0.2, 0) is 19.6 Å². The highest BCUT2D eigenvalue weighted by molar-refractivity contribution is 7.92. The van der Waals surface area contributed by atoms with E-state index in [1.165, 1.54) is 6.92 Å². The summed E-state index contributed by atoms with van der Waals surface area (Å²) in [7, 11) is -3.80. The standard InChI is InChI=1S/C23H23N3O5S/c1-17(27)24-18-12-14-19(15-13-18)25-23(28)16-26(32(2,29)30)21-10-6-7-11-22(21)31-20-8-4-3-5-9-20/h3-15H,16H2,1-2H3,(H,24,27)(H,25,28). The average Bonchev–Trinajstić information content (AvgIpc) is 2.74. The number of benzene rings is 3. The van der Waals surface area contributed by atoms with E-state index in [0.717, 1.165) is 10.6 Å². The van der Waals surface area contributed by atoms with Crippen molar-refractivity contribution in [2.24, 2.45) is 0 Å². The van der Waals surface area contributed by atoms with Crippen molar-refractivity contribution >= 4 is 38.9 Å². The number of para-hydroxylation sites is 3. The van der Waals surface area contributed by atoms with Gasteiger partial charge in [-0.25, -0.2) is 8.42 Å². The molecule has 0 saturated heterocycles. The molecule has 166 valence electrons. The van der Waals surface area contributed by atoms with E-state index < -0.39 is 22.5 Å². The van der Waals surface area contributed by atoms with Crippen LogP contribution in [0.1, 0.15) is 6.92 Å². The quantitative estimate of drug-likeness (QED) is 0.539. The molecule has 0 fully saturated rings. The smallest absolute Gasteiger partial charge is 0.245 e. The molecule has 0 aliphatic carbocycles. The summed E-state index contributed by atoms with van der Waals surface area (Å²) in [5.41, 5.74) is 1.29. The van der Waals surface area contributed by atoms with E-state index in [1.807, 2.05) is 6.07 Å². The summed E-state index contributed by atoms with van der Waals surface area (Å²) >= 11 is 0. The summed E-state index contributed by atoms with van der Waals surface area (Å²) in [5.74, 6) is 0.105. The molecule has 32 heavy (non-hydrogen) atoms. The molecule has 0 bridgehead atoms. The Labute approximate surface area is 186 Å². The lowest BCUT2D eigenvalue weighted by atomic mass is 10.2. The number of nitrogens with zero attached hydrogens (tertiary/aromatic N) is 1. The fourth-order valence-electron chi connectivity index (χ4n) is 2.92. The highest BCUT2D eigenvalue weighted by atomic mass is 32.2. The second-order valence-electron chi connectivity index (χ2n) is 6.96. The third kappa shape index (κ3) is 6.32. The molecule has 0 unspecified atom stereocenters. The van der Waals surface area contributed by atoms with Crippen LogP contribution in [0.25, 0.3) is 0 Å². The van der Waals surface area contributed by atoms with Gasteiger partial charge in [0.05, 0.1) is 11.9 Å². The Morgan fingerprint density at radius 3 is 2.00 bits per heavy atom. The Kier molecular flexibility index (Phi) is 7.11. The first kappa shape index (κ1) is 22.8. The molecule has 2 N–H and O–H groups in total. The zero-order chi connectivity index (χ0) is 23.1. The van der Waals surface area contributed by atoms with Crippen LogP contribution >= 0.6 is 0 Å². The van der Waals surface area contributed by atoms with Crippen molar-refractivity contribution in [1.29, 1.82) is 0 Å². The Bertz CT molecular complexity index is 1200. The molecule has 0 radical (unpaired) electrons. The van der Waals surface area contributed by atoms with Gasteiger partial charge in [-0.3, -0.25) is 13.9 Å². The summed E-state index contributed by atoms with van der Waals surface area (Å²) in [6, 6.07) is 22.0. The van der Waals surface area contributed by atoms with E-state index in [-0.39, 0.29) is 11.6 Å². The molecule has 3 aromatic rings. The molecule has 0 heterocycles. The van der Waals surface area contributed by atoms with Crippen LogP contribution < -0.4 is 19.7 Å². The van der Waals surface area contributed by atoms with E-state index >= 15 is 0 Å². The zero-order valence-corrected chi connectivity index (χ0v) is 18.4. The molecule has 2 amide bonds. The van der Waals surface area contributed by atoms with Gasteiger partial charge in [-0.05, 0) is 48.5 Å². The van der Waals surface area contributed by atoms with Crippen molar-refractivity contribution in [3.63, 3.8) is 0 Å². The Morgan fingerprint density at radius 2 is 1.41 bits per heavy atom. The zero-order valence-electron chi connectivity index (χ0n) is 17.6. The minimum absolute atomic E-state index is 0.207. The van der Waals surface area contributed by atoms with Crippen molar-refractivity contribution in [2.75, 3.05) is 27.7 Å². The van der Waals surface area contributed by atoms with E-state index in [1.54, 1.807) is 72.8 Å². The van der Waals surface area contributed by atoms with Gasteiger partial charge in [0.25, 0.3) is 0 Å². The van der Waals surface area contributed by atoms with Crippen LogP contribution in [0.3, 0.4) is 0 Å². The number of hydrogen-bond donors (Lipinski definition) is 2. The molecule has 3 rings (SSSR count). The molecule has 8 nitrogen and oxygen atoms in total. The Hall–Kier alpha value is -3.85. The number of rotatable bonds is 8. The van der Waals surface area contributed by atoms with Gasteiger partial charge in [0, 0.05) is 18.3 Å². The van der Waals surface area contributed by atoms with Gasteiger partial charge >= 0.3 is 0 Å². The number of sulfonamides is 1. The van der Waals surface area contributed by atoms with Crippen LogP contribution in [0.4, 0.5) is 17.1 Å². The molecule has 9 heteroatoms. The number of hydrogen-bond acceptors (Lipinski definition) is 5. The molecule has 0 spiro atoms. The molecule has 0 atom stereocenters. The third-order valence-corrected chi connectivity index (χ3v) is 5.41. The lowest BCUT2D eigenvalue weighted by molar-refractivity contribution is -0.115. The van der Waals surface area contributed by atoms with Gasteiger partial charge in [0.1, 0.15) is 12.3 Å². The van der Waals surface area contributed by atoms with Crippen molar-refractivity contribution in [3.8, 4) is 11.5 Å². The fraction of sp³-hybridized carbons (Fsp3) is 0.130. The predicted molar refractivity (Wildman–Crippen MR) is 125 cm³/mol. The second-order valence-corrected chi connectivity index (χ2v) is 8.87. The Balaban J connectivity index is 1.79. The summed E-state index contributed by atoms with van der Waals surface area (Å²) in [4.78, 5) is 23.8. The molecule has 0 aromatic heterocycles. The van der Waals surface area contributed by atoms with Gasteiger partial charge in [0.2, 0.25) is 21.8 Å². The number of carbonyl (C=O) groups is 2. The van der Waals surface area contributed by atoms with Crippen LogP contribution in [0.15, 0.2) is 78.9 Å². The van der Waals surface area contributed by atoms with Gasteiger partial charge in [0.15, 0.2) is 5.75 Å². The van der Waals surface area contributed by atoms with Crippen molar-refractivity contribution in [3.05, 3.63) is 78.9 Å². The molecule has 3 aromatic carbocycles. The van der Waals surface area contributed by atoms with E-state index in [2.05, 4.69) is 10.6 Å². The SMILES string of the molecule is CC(=O)Nc1ccc(NC(=O)CN(c2ccccc2Oc2ccccc2)S(C)(=O)=O)cc1. The normalized spacial score (nSPS) is 10.8. The first-order valence-corrected chi connectivity index (χ1v) is 11.5. The predicted octanol–water partition coefficient (Wildman–Crippen LogP) is 3.84.